The minimum atomic E-state index is 0. The first-order valence-electron chi connectivity index (χ1n) is 5.25. The summed E-state index contributed by atoms with van der Waals surface area (Å²) in [6, 6.07) is 0. The van der Waals surface area contributed by atoms with Crippen LogP contribution in [-0.2, 0) is 21.7 Å². The SMILES string of the molecule is [C-]1=CC=CC1.[CH2-]C.[CH2-]C.[CH2-]C.[CH2-]C.[CH2-]C.[Cl-].[Cl-].[Cl-].[Ti+3]. The normalized spacial score (nSPS) is 6.21. The Labute approximate surface area is 158 Å². The van der Waals surface area contributed by atoms with Gasteiger partial charge >= 0.3 is 21.7 Å². The van der Waals surface area contributed by atoms with Crippen molar-refractivity contribution < 1.29 is 58.9 Å². The number of halogens is 3. The molecule has 0 aromatic rings. The zero-order valence-corrected chi connectivity index (χ0v) is 16.9. The molecule has 0 aliphatic heterocycles. The van der Waals surface area contributed by atoms with Crippen molar-refractivity contribution in [1.82, 2.24) is 0 Å². The largest absolute Gasteiger partial charge is 3.00 e. The van der Waals surface area contributed by atoms with Crippen LogP contribution in [0.1, 0.15) is 41.0 Å². The maximum atomic E-state index is 3.25. The Morgan fingerprint density at radius 2 is 0.947 bits per heavy atom. The molecule has 0 bridgehead atoms. The third kappa shape index (κ3) is 151. The van der Waals surface area contributed by atoms with Gasteiger partial charge in [-0.15, -0.1) is 6.42 Å². The maximum Gasteiger partial charge on any atom is 3.00 e. The van der Waals surface area contributed by atoms with Gasteiger partial charge in [0.2, 0.25) is 0 Å². The third-order valence-electron chi connectivity index (χ3n) is 0.586. The molecule has 0 heterocycles. The van der Waals surface area contributed by atoms with E-state index in [9.17, 15) is 0 Å². The van der Waals surface area contributed by atoms with Gasteiger partial charge in [-0.25, -0.2) is 12.2 Å². The summed E-state index contributed by atoms with van der Waals surface area (Å²) >= 11 is 0. The van der Waals surface area contributed by atoms with Crippen LogP contribution in [-0.4, -0.2) is 0 Å². The second-order valence-electron chi connectivity index (χ2n) is 1.00. The van der Waals surface area contributed by atoms with Gasteiger partial charge in [-0.05, 0) is 0 Å². The molecule has 19 heavy (non-hydrogen) atoms. The molecule has 0 aromatic heterocycles. The van der Waals surface area contributed by atoms with Crippen molar-refractivity contribution in [3.8, 4) is 0 Å². The van der Waals surface area contributed by atoms with E-state index in [-0.39, 0.29) is 58.9 Å². The zero-order chi connectivity index (χ0) is 13.5. The molecule has 0 spiro atoms. The Kier molecular flexibility index (Phi) is 530. The third-order valence-corrected chi connectivity index (χ3v) is 0.586. The van der Waals surface area contributed by atoms with E-state index < -0.39 is 0 Å². The van der Waals surface area contributed by atoms with Crippen molar-refractivity contribution in [2.45, 2.75) is 41.0 Å². The summed E-state index contributed by atoms with van der Waals surface area (Å²) in [7, 11) is 0. The number of allylic oxidation sites excluding steroid dienone is 4. The minimum Gasteiger partial charge on any atom is -1.00 e. The predicted octanol–water partition coefficient (Wildman–Crippen LogP) is -3.48. The van der Waals surface area contributed by atoms with Gasteiger partial charge in [-0.2, -0.15) is 40.7 Å². The topological polar surface area (TPSA) is 0 Å². The van der Waals surface area contributed by atoms with E-state index in [4.69, 9.17) is 0 Å². The van der Waals surface area contributed by atoms with Gasteiger partial charge in [-0.3, -0.25) is 6.08 Å². The molecule has 1 radical (unpaired) electrons. The first-order valence-corrected chi connectivity index (χ1v) is 5.25. The van der Waals surface area contributed by atoms with Crippen molar-refractivity contribution in [1.29, 1.82) is 0 Å². The molecular formula is C15H30Cl3Ti-6. The molecule has 0 saturated heterocycles. The molecule has 0 unspecified atom stereocenters. The molecule has 0 amide bonds. The summed E-state index contributed by atoms with van der Waals surface area (Å²) in [4.78, 5) is 0. The molecule has 0 fully saturated rings. The van der Waals surface area contributed by atoms with Gasteiger partial charge in [0.15, 0.2) is 0 Å². The van der Waals surface area contributed by atoms with Gasteiger partial charge in [0.1, 0.15) is 0 Å². The van der Waals surface area contributed by atoms with Crippen molar-refractivity contribution in [2.75, 3.05) is 0 Å². The van der Waals surface area contributed by atoms with Crippen molar-refractivity contribution in [3.05, 3.63) is 58.9 Å². The number of rotatable bonds is 0. The van der Waals surface area contributed by atoms with Crippen LogP contribution in [0.3, 0.4) is 0 Å². The molecule has 0 aromatic carbocycles. The van der Waals surface area contributed by atoms with Crippen LogP contribution in [0.5, 0.6) is 0 Å². The van der Waals surface area contributed by atoms with E-state index in [1.807, 2.05) is 12.2 Å². The van der Waals surface area contributed by atoms with Crippen LogP contribution in [0.4, 0.5) is 0 Å². The minimum absolute atomic E-state index is 0. The Bertz CT molecular complexity index is 75.5. The molecule has 4 heteroatoms. The Morgan fingerprint density at radius 3 is 1.00 bits per heavy atom. The van der Waals surface area contributed by atoms with Crippen molar-refractivity contribution >= 4 is 0 Å². The Morgan fingerprint density at radius 1 is 0.684 bits per heavy atom. The molecule has 0 N–H and O–H groups in total. The summed E-state index contributed by atoms with van der Waals surface area (Å²) in [6.07, 6.45) is 10.0. The quantitative estimate of drug-likeness (QED) is 0.309. The van der Waals surface area contributed by atoms with E-state index in [1.54, 1.807) is 34.6 Å². The van der Waals surface area contributed by atoms with Gasteiger partial charge in [0, 0.05) is 0 Å². The number of hydrogen-bond acceptors (Lipinski definition) is 0. The Balaban J connectivity index is -0.00000000930. The van der Waals surface area contributed by atoms with Crippen LogP contribution < -0.4 is 37.2 Å². The fraction of sp³-hybridized carbons (Fsp3) is 0.400. The molecular weight excluding hydrogens is 334 g/mol. The molecule has 0 saturated carbocycles. The smallest absolute Gasteiger partial charge is 1.00 e. The summed E-state index contributed by atoms with van der Waals surface area (Å²) in [6.45, 7) is 25.0. The molecule has 1 rings (SSSR count). The molecule has 1 aliphatic rings. The van der Waals surface area contributed by atoms with Crippen molar-refractivity contribution in [2.24, 2.45) is 0 Å². The predicted molar refractivity (Wildman–Crippen MR) is 76.7 cm³/mol. The average Bonchev–Trinajstić information content (AvgIpc) is 3.00. The second-order valence-corrected chi connectivity index (χ2v) is 1.00. The van der Waals surface area contributed by atoms with E-state index in [0.29, 0.717) is 0 Å². The van der Waals surface area contributed by atoms with Crippen LogP contribution >= 0.6 is 0 Å². The summed E-state index contributed by atoms with van der Waals surface area (Å²) in [5.74, 6) is 0. The standard InChI is InChI=1S/C5H5.5C2H5.3ClH.Ti/c1-2-4-5-3-1;5*1-2;;;;/h1-3H,4H2;5*1H2,2H3;3*1H;/q6*-1;;;;+3/p-3. The van der Waals surface area contributed by atoms with Gasteiger partial charge < -0.3 is 71.8 Å². The van der Waals surface area contributed by atoms with Crippen LogP contribution in [0.25, 0.3) is 0 Å². The van der Waals surface area contributed by atoms with Crippen LogP contribution in [0.15, 0.2) is 18.2 Å². The van der Waals surface area contributed by atoms with Gasteiger partial charge in [-0.1, -0.05) is 0 Å². The van der Waals surface area contributed by atoms with E-state index in [0.717, 1.165) is 6.42 Å². The average molecular weight is 365 g/mol. The zero-order valence-electron chi connectivity index (χ0n) is 13.1. The van der Waals surface area contributed by atoms with E-state index in [1.165, 1.54) is 0 Å². The first kappa shape index (κ1) is 59.6. The van der Waals surface area contributed by atoms with Gasteiger partial charge in [0.05, 0.1) is 0 Å². The fourth-order valence-corrected chi connectivity index (χ4v) is 0.340. The summed E-state index contributed by atoms with van der Waals surface area (Å²) in [5.41, 5.74) is 0. The van der Waals surface area contributed by atoms with E-state index in [2.05, 4.69) is 46.8 Å². The van der Waals surface area contributed by atoms with Gasteiger partial charge in [0.25, 0.3) is 0 Å². The van der Waals surface area contributed by atoms with Crippen LogP contribution in [0, 0.1) is 40.7 Å². The summed E-state index contributed by atoms with van der Waals surface area (Å²) < 4.78 is 0. The molecule has 0 nitrogen and oxygen atoms in total. The van der Waals surface area contributed by atoms with Crippen molar-refractivity contribution in [3.63, 3.8) is 0 Å². The van der Waals surface area contributed by atoms with E-state index >= 15 is 0 Å². The summed E-state index contributed by atoms with van der Waals surface area (Å²) in [5, 5.41) is 0. The first-order chi connectivity index (χ1) is 7.50. The Hall–Kier alpha value is 1.06. The monoisotopic (exact) mass is 363 g/mol. The maximum absolute atomic E-state index is 3.25. The van der Waals surface area contributed by atoms with Crippen LogP contribution in [0.2, 0.25) is 0 Å². The molecule has 1 aliphatic carbocycles. The second kappa shape index (κ2) is 169. The molecule has 121 valence electrons. The molecule has 0 atom stereocenters. The fourth-order valence-electron chi connectivity index (χ4n) is 0.340. The number of hydrogen-bond donors (Lipinski definition) is 0.